The van der Waals surface area contributed by atoms with Gasteiger partial charge in [-0.25, -0.2) is 0 Å². The first-order valence-corrected chi connectivity index (χ1v) is 11.5. The van der Waals surface area contributed by atoms with Gasteiger partial charge < -0.3 is 14.5 Å². The van der Waals surface area contributed by atoms with Crippen LogP contribution in [0, 0.1) is 13.8 Å². The van der Waals surface area contributed by atoms with Crippen LogP contribution in [0.15, 0.2) is 66.7 Å². The number of carbonyl (C=O) groups is 2. The summed E-state index contributed by atoms with van der Waals surface area (Å²) in [6.45, 7) is 6.48. The third kappa shape index (κ3) is 4.36. The van der Waals surface area contributed by atoms with E-state index in [2.05, 4.69) is 0 Å². The van der Waals surface area contributed by atoms with E-state index in [0.717, 1.165) is 33.8 Å². The van der Waals surface area contributed by atoms with Crippen molar-refractivity contribution in [2.45, 2.75) is 26.8 Å². The molecular weight excluding hydrogens is 426 g/mol. The zero-order chi connectivity index (χ0) is 24.4. The van der Waals surface area contributed by atoms with E-state index in [-0.39, 0.29) is 18.4 Å². The molecule has 6 nitrogen and oxygen atoms in total. The van der Waals surface area contributed by atoms with Gasteiger partial charge in [0.25, 0.3) is 5.91 Å². The predicted octanol–water partition coefficient (Wildman–Crippen LogP) is 4.89. The fourth-order valence-corrected chi connectivity index (χ4v) is 4.33. The van der Waals surface area contributed by atoms with Gasteiger partial charge in [-0.2, -0.15) is 0 Å². The van der Waals surface area contributed by atoms with Crippen molar-refractivity contribution in [3.63, 3.8) is 0 Å². The SMILES string of the molecule is CCOc1ccc(N2C(=O)CN(c3cccc(C)c3C)C(=O)[C@H]2c2ccc(N(C)C)cc2)cc1. The molecule has 1 aliphatic heterocycles. The van der Waals surface area contributed by atoms with Crippen LogP contribution in [0.3, 0.4) is 0 Å². The fraction of sp³-hybridized carbons (Fsp3) is 0.286. The number of amides is 2. The van der Waals surface area contributed by atoms with E-state index in [0.29, 0.717) is 12.3 Å². The lowest BCUT2D eigenvalue weighted by Crippen LogP contribution is -2.56. The zero-order valence-electron chi connectivity index (χ0n) is 20.4. The van der Waals surface area contributed by atoms with Gasteiger partial charge >= 0.3 is 0 Å². The van der Waals surface area contributed by atoms with Crippen LogP contribution in [-0.4, -0.2) is 39.1 Å². The lowest BCUT2D eigenvalue weighted by molar-refractivity contribution is -0.128. The van der Waals surface area contributed by atoms with Crippen molar-refractivity contribution in [1.82, 2.24) is 0 Å². The van der Waals surface area contributed by atoms with E-state index in [4.69, 9.17) is 4.74 Å². The quantitative estimate of drug-likeness (QED) is 0.529. The van der Waals surface area contributed by atoms with Crippen molar-refractivity contribution in [2.75, 3.05) is 41.9 Å². The summed E-state index contributed by atoms with van der Waals surface area (Å²) in [5.74, 6) is 0.470. The Bertz CT molecular complexity index is 1190. The van der Waals surface area contributed by atoms with Gasteiger partial charge in [0.05, 0.1) is 6.61 Å². The normalized spacial score (nSPS) is 16.1. The highest BCUT2D eigenvalue weighted by atomic mass is 16.5. The van der Waals surface area contributed by atoms with E-state index in [1.54, 1.807) is 9.80 Å². The average molecular weight is 458 g/mol. The molecule has 34 heavy (non-hydrogen) atoms. The molecule has 1 fully saturated rings. The van der Waals surface area contributed by atoms with Crippen LogP contribution in [0.25, 0.3) is 0 Å². The van der Waals surface area contributed by atoms with Crippen molar-refractivity contribution in [2.24, 2.45) is 0 Å². The Kier molecular flexibility index (Phi) is 6.59. The number of piperazine rings is 1. The third-order valence-electron chi connectivity index (χ3n) is 6.34. The Morgan fingerprint density at radius 3 is 2.24 bits per heavy atom. The van der Waals surface area contributed by atoms with Crippen LogP contribution in [-0.2, 0) is 9.59 Å². The van der Waals surface area contributed by atoms with E-state index < -0.39 is 6.04 Å². The van der Waals surface area contributed by atoms with Crippen LogP contribution in [0.4, 0.5) is 17.1 Å². The fourth-order valence-electron chi connectivity index (χ4n) is 4.33. The van der Waals surface area contributed by atoms with E-state index in [9.17, 15) is 9.59 Å². The largest absolute Gasteiger partial charge is 0.494 e. The van der Waals surface area contributed by atoms with Crippen molar-refractivity contribution in [3.8, 4) is 5.75 Å². The molecule has 0 aromatic heterocycles. The second kappa shape index (κ2) is 9.59. The second-order valence-electron chi connectivity index (χ2n) is 8.72. The minimum absolute atomic E-state index is 0.0113. The number of hydrogen-bond donors (Lipinski definition) is 0. The molecule has 1 saturated heterocycles. The number of ether oxygens (including phenoxy) is 1. The standard InChI is InChI=1S/C28H31N3O3/c1-6-34-24-16-14-23(15-17-24)31-26(32)18-30(25-9-7-8-19(2)20(25)3)28(33)27(31)21-10-12-22(13-11-21)29(4)5/h7-17,27H,6,18H2,1-5H3/t27-/m1/s1. The summed E-state index contributed by atoms with van der Waals surface area (Å²) in [4.78, 5) is 32.8. The highest BCUT2D eigenvalue weighted by Crippen LogP contribution is 2.37. The molecule has 6 heteroatoms. The topological polar surface area (TPSA) is 53.1 Å². The maximum absolute atomic E-state index is 14.0. The Balaban J connectivity index is 1.80. The Morgan fingerprint density at radius 2 is 1.62 bits per heavy atom. The maximum atomic E-state index is 14.0. The number of nitrogens with zero attached hydrogens (tertiary/aromatic N) is 3. The number of rotatable bonds is 6. The van der Waals surface area contributed by atoms with Crippen LogP contribution < -0.4 is 19.4 Å². The Hall–Kier alpha value is -3.80. The minimum atomic E-state index is -0.768. The van der Waals surface area contributed by atoms with Gasteiger partial charge in [-0.15, -0.1) is 0 Å². The summed E-state index contributed by atoms with van der Waals surface area (Å²) in [5.41, 5.74) is 5.33. The maximum Gasteiger partial charge on any atom is 0.255 e. The number of benzene rings is 3. The van der Waals surface area contributed by atoms with Crippen LogP contribution >= 0.6 is 0 Å². The summed E-state index contributed by atoms with van der Waals surface area (Å²) in [6, 6.07) is 20.2. The molecular formula is C28H31N3O3. The zero-order valence-corrected chi connectivity index (χ0v) is 20.4. The first-order valence-electron chi connectivity index (χ1n) is 11.5. The molecule has 4 rings (SSSR count). The molecule has 2 amide bonds. The highest BCUT2D eigenvalue weighted by Gasteiger charge is 2.42. The van der Waals surface area contributed by atoms with Crippen molar-refractivity contribution < 1.29 is 14.3 Å². The van der Waals surface area contributed by atoms with E-state index in [1.807, 2.05) is 106 Å². The third-order valence-corrected chi connectivity index (χ3v) is 6.34. The summed E-state index contributed by atoms with van der Waals surface area (Å²) in [6.07, 6.45) is 0. The molecule has 3 aromatic rings. The van der Waals surface area contributed by atoms with Gasteiger partial charge in [-0.05, 0) is 79.9 Å². The predicted molar refractivity (Wildman–Crippen MR) is 137 cm³/mol. The summed E-state index contributed by atoms with van der Waals surface area (Å²) >= 11 is 0. The van der Waals surface area contributed by atoms with Gasteiger partial charge in [0, 0.05) is 31.2 Å². The second-order valence-corrected chi connectivity index (χ2v) is 8.72. The lowest BCUT2D eigenvalue weighted by Gasteiger charge is -2.41. The van der Waals surface area contributed by atoms with Gasteiger partial charge in [0.1, 0.15) is 18.3 Å². The summed E-state index contributed by atoms with van der Waals surface area (Å²) in [7, 11) is 3.94. The summed E-state index contributed by atoms with van der Waals surface area (Å²) < 4.78 is 5.56. The number of carbonyl (C=O) groups excluding carboxylic acids is 2. The molecule has 1 heterocycles. The molecule has 176 valence electrons. The minimum Gasteiger partial charge on any atom is -0.494 e. The molecule has 1 aliphatic rings. The van der Waals surface area contributed by atoms with Crippen LogP contribution in [0.5, 0.6) is 5.75 Å². The van der Waals surface area contributed by atoms with Crippen molar-refractivity contribution in [3.05, 3.63) is 83.4 Å². The molecule has 0 N–H and O–H groups in total. The van der Waals surface area contributed by atoms with Gasteiger partial charge in [-0.1, -0.05) is 24.3 Å². The molecule has 1 atom stereocenters. The van der Waals surface area contributed by atoms with E-state index in [1.165, 1.54) is 0 Å². The first kappa shape index (κ1) is 23.4. The Morgan fingerprint density at radius 1 is 0.941 bits per heavy atom. The molecule has 0 saturated carbocycles. The van der Waals surface area contributed by atoms with Crippen molar-refractivity contribution in [1.29, 1.82) is 0 Å². The Labute approximate surface area is 201 Å². The molecule has 0 unspecified atom stereocenters. The molecule has 0 bridgehead atoms. The van der Waals surface area contributed by atoms with Gasteiger partial charge in [0.2, 0.25) is 5.91 Å². The number of anilines is 3. The van der Waals surface area contributed by atoms with Gasteiger partial charge in [-0.3, -0.25) is 14.5 Å². The van der Waals surface area contributed by atoms with Crippen LogP contribution in [0.2, 0.25) is 0 Å². The van der Waals surface area contributed by atoms with Crippen molar-refractivity contribution >= 4 is 28.9 Å². The smallest absolute Gasteiger partial charge is 0.255 e. The molecule has 0 spiro atoms. The van der Waals surface area contributed by atoms with E-state index >= 15 is 0 Å². The lowest BCUT2D eigenvalue weighted by atomic mass is 9.98. The monoisotopic (exact) mass is 457 g/mol. The highest BCUT2D eigenvalue weighted by molar-refractivity contribution is 6.14. The van der Waals surface area contributed by atoms with Crippen LogP contribution in [0.1, 0.15) is 29.7 Å². The molecule has 0 aliphatic carbocycles. The first-order chi connectivity index (χ1) is 16.3. The number of aryl methyl sites for hydroxylation is 1. The average Bonchev–Trinajstić information content (AvgIpc) is 2.83. The molecule has 3 aromatic carbocycles. The van der Waals surface area contributed by atoms with Gasteiger partial charge in [0.15, 0.2) is 0 Å². The number of hydrogen-bond acceptors (Lipinski definition) is 4. The molecule has 0 radical (unpaired) electrons. The summed E-state index contributed by atoms with van der Waals surface area (Å²) in [5, 5.41) is 0.